The normalized spacial score (nSPS) is 12.3. The monoisotopic (exact) mass is 314 g/mol. The van der Waals surface area contributed by atoms with Crippen LogP contribution in [0.4, 0.5) is 0 Å². The molecule has 0 saturated heterocycles. The van der Waals surface area contributed by atoms with Crippen LogP contribution in [0.25, 0.3) is 0 Å². The largest absolute Gasteiger partial charge is 0.483 e. The van der Waals surface area contributed by atoms with E-state index in [-0.39, 0.29) is 24.6 Å². The zero-order valence-electron chi connectivity index (χ0n) is 10.9. The molecule has 100 valence electrons. The number of carbonyl (C=O) groups excluding carboxylic acids is 1. The Balaban J connectivity index is 2.70. The van der Waals surface area contributed by atoms with Gasteiger partial charge < -0.3 is 15.8 Å². The molecule has 4 nitrogen and oxygen atoms in total. The highest BCUT2D eigenvalue weighted by molar-refractivity contribution is 9.10. The van der Waals surface area contributed by atoms with E-state index in [1.165, 1.54) is 0 Å². The molecule has 18 heavy (non-hydrogen) atoms. The van der Waals surface area contributed by atoms with Crippen LogP contribution in [0.2, 0.25) is 0 Å². The summed E-state index contributed by atoms with van der Waals surface area (Å²) in [6.07, 6.45) is 0. The molecular weight excluding hydrogens is 296 g/mol. The van der Waals surface area contributed by atoms with Gasteiger partial charge in [0.05, 0.1) is 0 Å². The van der Waals surface area contributed by atoms with Crippen molar-refractivity contribution in [2.24, 2.45) is 5.73 Å². The molecule has 1 rings (SSSR count). The van der Waals surface area contributed by atoms with Crippen LogP contribution in [-0.4, -0.2) is 18.6 Å². The summed E-state index contributed by atoms with van der Waals surface area (Å²) >= 11 is 3.39. The van der Waals surface area contributed by atoms with Gasteiger partial charge in [0.1, 0.15) is 5.75 Å². The number of carbonyl (C=O) groups is 1. The molecule has 0 aliphatic carbocycles. The number of benzene rings is 1. The Morgan fingerprint density at radius 1 is 1.44 bits per heavy atom. The number of nitrogens with one attached hydrogen (secondary N) is 1. The Bertz CT molecular complexity index is 419. The van der Waals surface area contributed by atoms with Crippen molar-refractivity contribution in [3.63, 3.8) is 0 Å². The number of rotatable bonds is 5. The molecule has 1 atom stereocenters. The van der Waals surface area contributed by atoms with Gasteiger partial charge in [-0.3, -0.25) is 4.79 Å². The molecule has 0 aliphatic heterocycles. The maximum atomic E-state index is 11.5. The Labute approximate surface area is 116 Å². The minimum Gasteiger partial charge on any atom is -0.483 e. The smallest absolute Gasteiger partial charge is 0.258 e. The van der Waals surface area contributed by atoms with Gasteiger partial charge in [-0.15, -0.1) is 0 Å². The van der Waals surface area contributed by atoms with E-state index in [2.05, 4.69) is 21.2 Å². The third kappa shape index (κ3) is 4.66. The highest BCUT2D eigenvalue weighted by Gasteiger charge is 2.11. The molecule has 0 aromatic heterocycles. The number of ether oxygens (including phenoxy) is 1. The maximum absolute atomic E-state index is 11.5. The van der Waals surface area contributed by atoms with E-state index in [9.17, 15) is 4.79 Å². The molecule has 0 bridgehead atoms. The minimum absolute atomic E-state index is 0.000464. The molecule has 0 heterocycles. The van der Waals surface area contributed by atoms with Crippen molar-refractivity contribution in [3.8, 4) is 5.75 Å². The van der Waals surface area contributed by atoms with Crippen LogP contribution in [0.1, 0.15) is 32.4 Å². The average Bonchev–Trinajstić information content (AvgIpc) is 2.26. The van der Waals surface area contributed by atoms with Crippen LogP contribution in [0.15, 0.2) is 22.7 Å². The Kier molecular flexibility index (Phi) is 5.62. The molecule has 0 spiro atoms. The number of hydrogen-bond donors (Lipinski definition) is 2. The number of amides is 1. The first kappa shape index (κ1) is 15.0. The van der Waals surface area contributed by atoms with Crippen molar-refractivity contribution < 1.29 is 9.53 Å². The van der Waals surface area contributed by atoms with Gasteiger partial charge in [0.15, 0.2) is 6.61 Å². The molecule has 0 unspecified atom stereocenters. The van der Waals surface area contributed by atoms with Gasteiger partial charge in [0.25, 0.3) is 5.91 Å². The van der Waals surface area contributed by atoms with Gasteiger partial charge >= 0.3 is 0 Å². The van der Waals surface area contributed by atoms with Gasteiger partial charge in [0.2, 0.25) is 0 Å². The van der Waals surface area contributed by atoms with E-state index >= 15 is 0 Å². The van der Waals surface area contributed by atoms with E-state index in [0.717, 1.165) is 10.0 Å². The van der Waals surface area contributed by atoms with Crippen molar-refractivity contribution in [2.45, 2.75) is 32.9 Å². The van der Waals surface area contributed by atoms with Gasteiger partial charge in [-0.2, -0.15) is 0 Å². The SMILES string of the molecule is CC(C)NC(=O)COc1ccc(Br)cc1[C@@H](C)N. The van der Waals surface area contributed by atoms with Crippen LogP contribution in [0, 0.1) is 0 Å². The molecule has 0 fully saturated rings. The minimum atomic E-state index is -0.148. The number of halogens is 1. The Morgan fingerprint density at radius 2 is 2.11 bits per heavy atom. The fraction of sp³-hybridized carbons (Fsp3) is 0.462. The first-order valence-corrected chi connectivity index (χ1v) is 6.66. The summed E-state index contributed by atoms with van der Waals surface area (Å²) in [7, 11) is 0. The molecule has 1 amide bonds. The fourth-order valence-electron chi connectivity index (χ4n) is 1.51. The first-order chi connectivity index (χ1) is 8.40. The zero-order chi connectivity index (χ0) is 13.7. The van der Waals surface area contributed by atoms with Crippen molar-refractivity contribution in [2.75, 3.05) is 6.61 Å². The predicted molar refractivity (Wildman–Crippen MR) is 75.5 cm³/mol. The molecule has 0 saturated carbocycles. The molecule has 5 heteroatoms. The van der Waals surface area contributed by atoms with E-state index in [0.29, 0.717) is 5.75 Å². The molecule has 1 aromatic rings. The lowest BCUT2D eigenvalue weighted by Crippen LogP contribution is -2.34. The Hall–Kier alpha value is -1.07. The average molecular weight is 315 g/mol. The standard InChI is InChI=1S/C13H19BrN2O2/c1-8(2)16-13(17)7-18-12-5-4-10(14)6-11(12)9(3)15/h4-6,8-9H,7,15H2,1-3H3,(H,16,17)/t9-/m1/s1. The van der Waals surface area contributed by atoms with Crippen LogP contribution < -0.4 is 15.8 Å². The molecular formula is C13H19BrN2O2. The predicted octanol–water partition coefficient (Wildman–Crippen LogP) is 2.37. The van der Waals surface area contributed by atoms with Crippen LogP contribution in [0.5, 0.6) is 5.75 Å². The highest BCUT2D eigenvalue weighted by atomic mass is 79.9. The van der Waals surface area contributed by atoms with E-state index < -0.39 is 0 Å². The molecule has 0 aliphatic rings. The number of hydrogen-bond acceptors (Lipinski definition) is 3. The molecule has 1 aromatic carbocycles. The molecule has 0 radical (unpaired) electrons. The lowest BCUT2D eigenvalue weighted by molar-refractivity contribution is -0.123. The van der Waals surface area contributed by atoms with Crippen molar-refractivity contribution in [3.05, 3.63) is 28.2 Å². The molecule has 3 N–H and O–H groups in total. The lowest BCUT2D eigenvalue weighted by Gasteiger charge is -2.15. The third-order valence-corrected chi connectivity index (χ3v) is 2.76. The quantitative estimate of drug-likeness (QED) is 0.877. The van der Waals surface area contributed by atoms with Crippen molar-refractivity contribution >= 4 is 21.8 Å². The summed E-state index contributed by atoms with van der Waals surface area (Å²) in [5.41, 5.74) is 6.75. The summed E-state index contributed by atoms with van der Waals surface area (Å²) in [5, 5.41) is 2.77. The number of nitrogens with two attached hydrogens (primary N) is 1. The highest BCUT2D eigenvalue weighted by Crippen LogP contribution is 2.27. The second-order valence-electron chi connectivity index (χ2n) is 4.48. The van der Waals surface area contributed by atoms with Crippen LogP contribution in [-0.2, 0) is 4.79 Å². The first-order valence-electron chi connectivity index (χ1n) is 5.87. The van der Waals surface area contributed by atoms with Gasteiger partial charge in [-0.1, -0.05) is 15.9 Å². The summed E-state index contributed by atoms with van der Waals surface area (Å²) in [6, 6.07) is 5.54. The van der Waals surface area contributed by atoms with Crippen molar-refractivity contribution in [1.82, 2.24) is 5.32 Å². The fourth-order valence-corrected chi connectivity index (χ4v) is 1.89. The van der Waals surface area contributed by atoms with E-state index in [1.54, 1.807) is 0 Å². The summed E-state index contributed by atoms with van der Waals surface area (Å²) in [4.78, 5) is 11.5. The summed E-state index contributed by atoms with van der Waals surface area (Å²) in [5.74, 6) is 0.510. The second-order valence-corrected chi connectivity index (χ2v) is 5.40. The van der Waals surface area contributed by atoms with Gasteiger partial charge in [-0.05, 0) is 39.0 Å². The Morgan fingerprint density at radius 3 is 2.67 bits per heavy atom. The van der Waals surface area contributed by atoms with Crippen LogP contribution in [0.3, 0.4) is 0 Å². The van der Waals surface area contributed by atoms with E-state index in [1.807, 2.05) is 39.0 Å². The summed E-state index contributed by atoms with van der Waals surface area (Å²) < 4.78 is 6.44. The third-order valence-electron chi connectivity index (χ3n) is 2.27. The maximum Gasteiger partial charge on any atom is 0.258 e. The summed E-state index contributed by atoms with van der Waals surface area (Å²) in [6.45, 7) is 5.69. The lowest BCUT2D eigenvalue weighted by atomic mass is 10.1. The topological polar surface area (TPSA) is 64.3 Å². The second kappa shape index (κ2) is 6.75. The van der Waals surface area contributed by atoms with E-state index in [4.69, 9.17) is 10.5 Å². The van der Waals surface area contributed by atoms with Crippen molar-refractivity contribution in [1.29, 1.82) is 0 Å². The van der Waals surface area contributed by atoms with Gasteiger partial charge in [0, 0.05) is 22.1 Å². The van der Waals surface area contributed by atoms with Gasteiger partial charge in [-0.25, -0.2) is 0 Å². The van der Waals surface area contributed by atoms with Crippen LogP contribution >= 0.6 is 15.9 Å². The zero-order valence-corrected chi connectivity index (χ0v) is 12.5.